The summed E-state index contributed by atoms with van der Waals surface area (Å²) >= 11 is 0. The summed E-state index contributed by atoms with van der Waals surface area (Å²) in [6, 6.07) is 7.61. The molecule has 7 rings (SSSR count). The van der Waals surface area contributed by atoms with Gasteiger partial charge in [-0.25, -0.2) is 28.4 Å². The van der Waals surface area contributed by atoms with E-state index in [-0.39, 0.29) is 11.4 Å². The number of nitrogens with one attached hydrogen (secondary N) is 1. The number of rotatable bonds is 7. The van der Waals surface area contributed by atoms with E-state index in [2.05, 4.69) is 52.0 Å². The molecule has 1 aliphatic carbocycles. The van der Waals surface area contributed by atoms with Gasteiger partial charge in [0.25, 0.3) is 10.0 Å². The van der Waals surface area contributed by atoms with Crippen molar-refractivity contribution in [2.45, 2.75) is 37.0 Å². The lowest BCUT2D eigenvalue weighted by atomic mass is 10.1. The Kier molecular flexibility index (Phi) is 8.05. The van der Waals surface area contributed by atoms with E-state index < -0.39 is 10.0 Å². The smallest absolute Gasteiger partial charge is 0.256 e. The van der Waals surface area contributed by atoms with Crippen LogP contribution in [0.1, 0.15) is 36.8 Å². The first-order valence-corrected chi connectivity index (χ1v) is 16.6. The summed E-state index contributed by atoms with van der Waals surface area (Å²) in [5.74, 6) is 8.84. The number of hydrogen-bond donors (Lipinski definition) is 2. The average Bonchev–Trinajstić information content (AvgIpc) is 3.82. The van der Waals surface area contributed by atoms with Crippen molar-refractivity contribution in [3.8, 4) is 23.2 Å². The molecule has 0 radical (unpaired) electrons. The second-order valence-corrected chi connectivity index (χ2v) is 13.4. The van der Waals surface area contributed by atoms with Crippen LogP contribution in [0.4, 0.5) is 23.1 Å². The monoisotopic (exact) mass is 627 g/mol. The predicted octanol–water partition coefficient (Wildman–Crippen LogP) is 2.41. The van der Waals surface area contributed by atoms with Gasteiger partial charge < -0.3 is 25.0 Å². The first-order chi connectivity index (χ1) is 21.9. The number of hydrogen-bond acceptors (Lipinski definition) is 12. The van der Waals surface area contributed by atoms with Crippen molar-refractivity contribution in [1.82, 2.24) is 29.1 Å². The fourth-order valence-electron chi connectivity index (χ4n) is 5.33. The fraction of sp³-hybridized carbons (Fsp3) is 0.387. The van der Waals surface area contributed by atoms with Crippen molar-refractivity contribution >= 4 is 33.2 Å². The van der Waals surface area contributed by atoms with Gasteiger partial charge in [-0.3, -0.25) is 0 Å². The van der Waals surface area contributed by atoms with Crippen molar-refractivity contribution in [3.63, 3.8) is 0 Å². The Hall–Kier alpha value is -4.58. The van der Waals surface area contributed by atoms with Crippen LogP contribution < -0.4 is 15.1 Å². The molecule has 0 unspecified atom stereocenters. The molecule has 232 valence electrons. The number of aliphatic hydroxyl groups is 1. The van der Waals surface area contributed by atoms with Gasteiger partial charge in [0.2, 0.25) is 0 Å². The Morgan fingerprint density at radius 2 is 1.71 bits per heavy atom. The summed E-state index contributed by atoms with van der Waals surface area (Å²) in [5.41, 5.74) is 2.98. The van der Waals surface area contributed by atoms with E-state index >= 15 is 0 Å². The Bertz CT molecular complexity index is 1830. The minimum absolute atomic E-state index is 0.311. The van der Waals surface area contributed by atoms with Crippen LogP contribution in [-0.4, -0.2) is 93.4 Å². The molecule has 6 heterocycles. The first kappa shape index (κ1) is 29.1. The molecule has 4 aromatic heterocycles. The van der Waals surface area contributed by atoms with Crippen LogP contribution in [0.2, 0.25) is 0 Å². The van der Waals surface area contributed by atoms with Gasteiger partial charge >= 0.3 is 0 Å². The largest absolute Gasteiger partial charge is 0.393 e. The summed E-state index contributed by atoms with van der Waals surface area (Å²) in [5, 5.41) is 17.0. The van der Waals surface area contributed by atoms with Gasteiger partial charge in [0.1, 0.15) is 17.5 Å². The zero-order valence-electron chi connectivity index (χ0n) is 24.6. The number of aliphatic hydroxyl groups excluding tert-OH is 1. The third kappa shape index (κ3) is 6.60. The lowest BCUT2D eigenvalue weighted by molar-refractivity contribution is 0.122. The molecule has 2 aliphatic heterocycles. The summed E-state index contributed by atoms with van der Waals surface area (Å²) in [7, 11) is -3.48. The standard InChI is InChI=1S/C31H33N9O4S/c41-25-8-11-38(12-9-25)27-17-29(33-19-23(27)3-1-22-2-6-30(34-18-22)39-13-15-44-16-14-39)36-28-7-10-32-31(37-28)24-20-35-40(21-24)45(42,43)26-4-5-26/h2,6-7,10,17-21,25-26,41H,4-5,8-9,11-16H2,(H,32,33,36,37). The van der Waals surface area contributed by atoms with Crippen molar-refractivity contribution in [2.24, 2.45) is 0 Å². The maximum absolute atomic E-state index is 12.6. The lowest BCUT2D eigenvalue weighted by Crippen LogP contribution is -2.36. The van der Waals surface area contributed by atoms with Crippen molar-refractivity contribution < 1.29 is 18.3 Å². The maximum Gasteiger partial charge on any atom is 0.256 e. The molecule has 0 aromatic carbocycles. The Balaban J connectivity index is 1.12. The molecule has 2 saturated heterocycles. The maximum atomic E-state index is 12.6. The highest BCUT2D eigenvalue weighted by molar-refractivity contribution is 7.90. The van der Waals surface area contributed by atoms with Gasteiger partial charge in [-0.15, -0.1) is 0 Å². The quantitative estimate of drug-likeness (QED) is 0.290. The zero-order chi connectivity index (χ0) is 30.8. The van der Waals surface area contributed by atoms with Crippen LogP contribution in [0.15, 0.2) is 55.2 Å². The zero-order valence-corrected chi connectivity index (χ0v) is 25.4. The molecule has 14 heteroatoms. The van der Waals surface area contributed by atoms with Gasteiger partial charge in [0.05, 0.1) is 53.8 Å². The van der Waals surface area contributed by atoms with Crippen molar-refractivity contribution in [3.05, 3.63) is 66.4 Å². The number of piperidine rings is 1. The normalized spacial score (nSPS) is 17.5. The molecule has 2 N–H and O–H groups in total. The van der Waals surface area contributed by atoms with E-state index in [0.717, 1.165) is 39.8 Å². The topological polar surface area (TPSA) is 151 Å². The van der Waals surface area contributed by atoms with Crippen LogP contribution >= 0.6 is 0 Å². The predicted molar refractivity (Wildman–Crippen MR) is 169 cm³/mol. The SMILES string of the molecule is O=S(=O)(C1CC1)n1cc(-c2nccc(Nc3cc(N4CCC(O)CC4)c(C#Cc4ccc(N5CCOCC5)nc4)cn3)n2)cn1. The minimum atomic E-state index is -3.48. The molecule has 4 aromatic rings. The van der Waals surface area contributed by atoms with E-state index in [1.807, 2.05) is 18.2 Å². The van der Waals surface area contributed by atoms with E-state index in [1.54, 1.807) is 24.7 Å². The molecular formula is C31H33N9O4S. The van der Waals surface area contributed by atoms with E-state index in [1.165, 1.54) is 12.4 Å². The molecule has 0 atom stereocenters. The highest BCUT2D eigenvalue weighted by Crippen LogP contribution is 2.31. The number of morpholine rings is 1. The summed E-state index contributed by atoms with van der Waals surface area (Å²) in [6.07, 6.45) is 10.4. The third-order valence-electron chi connectivity index (χ3n) is 8.05. The number of anilines is 4. The second-order valence-electron chi connectivity index (χ2n) is 11.3. The fourth-order valence-corrected chi connectivity index (χ4v) is 6.81. The average molecular weight is 628 g/mol. The number of nitrogens with zero attached hydrogens (tertiary/aromatic N) is 8. The van der Waals surface area contributed by atoms with Crippen LogP contribution in [0, 0.1) is 11.8 Å². The molecular weight excluding hydrogens is 594 g/mol. The van der Waals surface area contributed by atoms with Crippen molar-refractivity contribution in [1.29, 1.82) is 0 Å². The molecule has 13 nitrogen and oxygen atoms in total. The lowest BCUT2D eigenvalue weighted by Gasteiger charge is -2.32. The number of aromatic nitrogens is 6. The van der Waals surface area contributed by atoms with Crippen molar-refractivity contribution in [2.75, 3.05) is 54.5 Å². The van der Waals surface area contributed by atoms with E-state index in [4.69, 9.17) is 4.74 Å². The molecule has 0 bridgehead atoms. The summed E-state index contributed by atoms with van der Waals surface area (Å²) < 4.78 is 31.6. The van der Waals surface area contributed by atoms with Gasteiger partial charge in [-0.05, 0) is 43.9 Å². The van der Waals surface area contributed by atoms with E-state index in [9.17, 15) is 13.5 Å². The summed E-state index contributed by atoms with van der Waals surface area (Å²) in [4.78, 5) is 22.5. The Labute approximate surface area is 261 Å². The van der Waals surface area contributed by atoms with Crippen LogP contribution in [0.5, 0.6) is 0 Å². The van der Waals surface area contributed by atoms with Crippen LogP contribution in [0.3, 0.4) is 0 Å². The molecule has 45 heavy (non-hydrogen) atoms. The van der Waals surface area contributed by atoms with Gasteiger partial charge in [-0.2, -0.15) is 9.19 Å². The number of pyridine rings is 2. The van der Waals surface area contributed by atoms with E-state index in [0.29, 0.717) is 75.0 Å². The molecule has 0 amide bonds. The number of ether oxygens (including phenoxy) is 1. The van der Waals surface area contributed by atoms with Gasteiger partial charge in [0, 0.05) is 56.4 Å². The van der Waals surface area contributed by atoms with Gasteiger partial charge in [-0.1, -0.05) is 11.8 Å². The second kappa shape index (κ2) is 12.4. The molecule has 0 spiro atoms. The molecule has 1 saturated carbocycles. The highest BCUT2D eigenvalue weighted by atomic mass is 32.2. The van der Waals surface area contributed by atoms with Gasteiger partial charge in [0.15, 0.2) is 5.82 Å². The Morgan fingerprint density at radius 3 is 2.47 bits per heavy atom. The van der Waals surface area contributed by atoms with Crippen LogP contribution in [-0.2, 0) is 14.8 Å². The molecule has 3 aliphatic rings. The third-order valence-corrected chi connectivity index (χ3v) is 10.1. The molecule has 3 fully saturated rings. The Morgan fingerprint density at radius 1 is 0.889 bits per heavy atom. The van der Waals surface area contributed by atoms with Crippen LogP contribution in [0.25, 0.3) is 11.4 Å². The summed E-state index contributed by atoms with van der Waals surface area (Å²) in [6.45, 7) is 4.44. The minimum Gasteiger partial charge on any atom is -0.393 e. The highest BCUT2D eigenvalue weighted by Gasteiger charge is 2.37. The first-order valence-electron chi connectivity index (χ1n) is 15.1.